The number of piperidine rings is 1. The molecule has 0 amide bonds. The van der Waals surface area contributed by atoms with Gasteiger partial charge in [-0.15, -0.1) is 0 Å². The van der Waals surface area contributed by atoms with Crippen molar-refractivity contribution in [1.82, 2.24) is 9.88 Å². The van der Waals surface area contributed by atoms with E-state index >= 15 is 0 Å². The van der Waals surface area contributed by atoms with Gasteiger partial charge in [0.1, 0.15) is 0 Å². The minimum Gasteiger partial charge on any atom is -0.466 e. The standard InChI is InChI=1S/C18H21BrN2O2/c1-2-23-18(22)13-5-7-21(8-6-13)12-15-11-20-10-14-3-4-16(19)9-17(14)15/h3-4,9-11,13H,2,5-8,12H2,1H3. The number of carbonyl (C=O) groups is 1. The molecule has 4 nitrogen and oxygen atoms in total. The number of aromatic nitrogens is 1. The van der Waals surface area contributed by atoms with Crippen LogP contribution >= 0.6 is 15.9 Å². The lowest BCUT2D eigenvalue weighted by atomic mass is 9.96. The van der Waals surface area contributed by atoms with Crippen molar-refractivity contribution in [2.24, 2.45) is 5.92 Å². The molecule has 0 atom stereocenters. The zero-order chi connectivity index (χ0) is 16.2. The summed E-state index contributed by atoms with van der Waals surface area (Å²) in [5.41, 5.74) is 1.23. The third-order valence-electron chi connectivity index (χ3n) is 4.41. The molecule has 122 valence electrons. The predicted octanol–water partition coefficient (Wildman–Crippen LogP) is 3.77. The third kappa shape index (κ3) is 3.90. The van der Waals surface area contributed by atoms with E-state index in [2.05, 4.69) is 37.9 Å². The first-order valence-corrected chi connectivity index (χ1v) is 8.88. The number of ether oxygens (including phenoxy) is 1. The number of nitrogens with zero attached hydrogens (tertiary/aromatic N) is 2. The lowest BCUT2D eigenvalue weighted by molar-refractivity contribution is -0.149. The van der Waals surface area contributed by atoms with E-state index in [0.717, 1.165) is 42.3 Å². The summed E-state index contributed by atoms with van der Waals surface area (Å²) in [5, 5.41) is 2.40. The van der Waals surface area contributed by atoms with Gasteiger partial charge in [0.25, 0.3) is 0 Å². The maximum atomic E-state index is 11.8. The summed E-state index contributed by atoms with van der Waals surface area (Å²) >= 11 is 3.54. The first-order chi connectivity index (χ1) is 11.2. The number of hydrogen-bond donors (Lipinski definition) is 0. The molecule has 3 rings (SSSR count). The van der Waals surface area contributed by atoms with Crippen molar-refractivity contribution in [2.45, 2.75) is 26.3 Å². The highest BCUT2D eigenvalue weighted by molar-refractivity contribution is 9.10. The molecule has 1 aromatic carbocycles. The van der Waals surface area contributed by atoms with Crippen molar-refractivity contribution in [3.63, 3.8) is 0 Å². The third-order valence-corrected chi connectivity index (χ3v) is 4.90. The molecule has 0 radical (unpaired) electrons. The molecule has 1 aliphatic heterocycles. The van der Waals surface area contributed by atoms with E-state index in [1.807, 2.05) is 25.4 Å². The molecule has 1 aromatic heterocycles. The summed E-state index contributed by atoms with van der Waals surface area (Å²) in [6, 6.07) is 6.28. The second-order valence-electron chi connectivity index (χ2n) is 5.97. The molecule has 1 saturated heterocycles. The Morgan fingerprint density at radius 2 is 2.13 bits per heavy atom. The van der Waals surface area contributed by atoms with Crippen LogP contribution in [0.15, 0.2) is 35.1 Å². The van der Waals surface area contributed by atoms with Crippen LogP contribution < -0.4 is 0 Å². The monoisotopic (exact) mass is 376 g/mol. The molecule has 0 saturated carbocycles. The normalized spacial score (nSPS) is 16.6. The Balaban J connectivity index is 1.67. The molecule has 2 aromatic rings. The second-order valence-corrected chi connectivity index (χ2v) is 6.88. The van der Waals surface area contributed by atoms with Crippen LogP contribution in [-0.4, -0.2) is 35.5 Å². The average Bonchev–Trinajstić information content (AvgIpc) is 2.56. The maximum absolute atomic E-state index is 11.8. The number of benzene rings is 1. The van der Waals surface area contributed by atoms with Crippen LogP contribution in [0.3, 0.4) is 0 Å². The van der Waals surface area contributed by atoms with Gasteiger partial charge in [-0.25, -0.2) is 0 Å². The summed E-state index contributed by atoms with van der Waals surface area (Å²) in [6.07, 6.45) is 5.60. The zero-order valence-corrected chi connectivity index (χ0v) is 14.9. The molecular formula is C18H21BrN2O2. The van der Waals surface area contributed by atoms with Crippen molar-refractivity contribution in [1.29, 1.82) is 0 Å². The summed E-state index contributed by atoms with van der Waals surface area (Å²) in [7, 11) is 0. The van der Waals surface area contributed by atoms with Crippen molar-refractivity contribution < 1.29 is 9.53 Å². The number of likely N-dealkylation sites (tertiary alicyclic amines) is 1. The molecule has 0 spiro atoms. The summed E-state index contributed by atoms with van der Waals surface area (Å²) in [4.78, 5) is 18.6. The van der Waals surface area contributed by atoms with E-state index in [4.69, 9.17) is 4.74 Å². The quantitative estimate of drug-likeness (QED) is 0.761. The Labute approximate surface area is 145 Å². The van der Waals surface area contributed by atoms with Gasteiger partial charge >= 0.3 is 5.97 Å². The first kappa shape index (κ1) is 16.4. The molecule has 2 heterocycles. The van der Waals surface area contributed by atoms with Crippen LogP contribution in [0.2, 0.25) is 0 Å². The van der Waals surface area contributed by atoms with E-state index < -0.39 is 0 Å². The van der Waals surface area contributed by atoms with Gasteiger partial charge in [-0.05, 0) is 55.9 Å². The highest BCUT2D eigenvalue weighted by Gasteiger charge is 2.26. The molecule has 0 N–H and O–H groups in total. The molecule has 1 aliphatic rings. The molecule has 5 heteroatoms. The molecular weight excluding hydrogens is 356 g/mol. The highest BCUT2D eigenvalue weighted by Crippen LogP contribution is 2.25. The van der Waals surface area contributed by atoms with Gasteiger partial charge in [-0.2, -0.15) is 0 Å². The summed E-state index contributed by atoms with van der Waals surface area (Å²) < 4.78 is 6.21. The summed E-state index contributed by atoms with van der Waals surface area (Å²) in [5.74, 6) is 0.0221. The van der Waals surface area contributed by atoms with Gasteiger partial charge in [-0.3, -0.25) is 14.7 Å². The summed E-state index contributed by atoms with van der Waals surface area (Å²) in [6.45, 7) is 5.05. The van der Waals surface area contributed by atoms with Crippen LogP contribution in [0, 0.1) is 5.92 Å². The number of rotatable bonds is 4. The SMILES string of the molecule is CCOC(=O)C1CCN(Cc2cncc3ccc(Br)cc23)CC1. The van der Waals surface area contributed by atoms with Gasteiger partial charge in [0.05, 0.1) is 12.5 Å². The number of carbonyl (C=O) groups excluding carboxylic acids is 1. The zero-order valence-electron chi connectivity index (χ0n) is 13.3. The Morgan fingerprint density at radius 3 is 2.87 bits per heavy atom. The second kappa shape index (κ2) is 7.41. The van der Waals surface area contributed by atoms with Crippen molar-refractivity contribution in [3.05, 3.63) is 40.6 Å². The largest absolute Gasteiger partial charge is 0.466 e. The Kier molecular flexibility index (Phi) is 5.28. The number of pyridine rings is 1. The first-order valence-electron chi connectivity index (χ1n) is 8.08. The van der Waals surface area contributed by atoms with Gasteiger partial charge in [-0.1, -0.05) is 22.0 Å². The lowest BCUT2D eigenvalue weighted by Gasteiger charge is -2.31. The molecule has 1 fully saturated rings. The highest BCUT2D eigenvalue weighted by atomic mass is 79.9. The van der Waals surface area contributed by atoms with Crippen LogP contribution in [0.4, 0.5) is 0 Å². The van der Waals surface area contributed by atoms with Gasteiger partial charge in [0, 0.05) is 28.8 Å². The van der Waals surface area contributed by atoms with Gasteiger partial charge < -0.3 is 4.74 Å². The van der Waals surface area contributed by atoms with E-state index in [1.54, 1.807) is 0 Å². The van der Waals surface area contributed by atoms with Crippen molar-refractivity contribution >= 4 is 32.7 Å². The molecule has 0 unspecified atom stereocenters. The Hall–Kier alpha value is -1.46. The number of halogens is 1. The van der Waals surface area contributed by atoms with Crippen molar-refractivity contribution in [2.75, 3.05) is 19.7 Å². The minimum atomic E-state index is -0.0390. The van der Waals surface area contributed by atoms with Gasteiger partial charge in [0.15, 0.2) is 0 Å². The maximum Gasteiger partial charge on any atom is 0.309 e. The topological polar surface area (TPSA) is 42.4 Å². The minimum absolute atomic E-state index is 0.0390. The lowest BCUT2D eigenvalue weighted by Crippen LogP contribution is -2.36. The van der Waals surface area contributed by atoms with Gasteiger partial charge in [0.2, 0.25) is 0 Å². The van der Waals surface area contributed by atoms with E-state index in [9.17, 15) is 4.79 Å². The number of esters is 1. The van der Waals surface area contributed by atoms with Crippen LogP contribution in [-0.2, 0) is 16.1 Å². The molecule has 0 aliphatic carbocycles. The predicted molar refractivity (Wildman–Crippen MR) is 94.1 cm³/mol. The average molecular weight is 377 g/mol. The fraction of sp³-hybridized carbons (Fsp3) is 0.444. The van der Waals surface area contributed by atoms with Crippen LogP contribution in [0.25, 0.3) is 10.8 Å². The Bertz CT molecular complexity index is 696. The number of fused-ring (bicyclic) bond motifs is 1. The number of hydrogen-bond acceptors (Lipinski definition) is 4. The fourth-order valence-electron chi connectivity index (χ4n) is 3.15. The molecule has 23 heavy (non-hydrogen) atoms. The van der Waals surface area contributed by atoms with E-state index in [-0.39, 0.29) is 11.9 Å². The van der Waals surface area contributed by atoms with Crippen molar-refractivity contribution in [3.8, 4) is 0 Å². The molecule has 0 bridgehead atoms. The van der Waals surface area contributed by atoms with E-state index in [1.165, 1.54) is 10.9 Å². The van der Waals surface area contributed by atoms with Crippen LogP contribution in [0.1, 0.15) is 25.3 Å². The van der Waals surface area contributed by atoms with Crippen LogP contribution in [0.5, 0.6) is 0 Å². The van der Waals surface area contributed by atoms with E-state index in [0.29, 0.717) is 6.61 Å². The fourth-order valence-corrected chi connectivity index (χ4v) is 3.51. The smallest absolute Gasteiger partial charge is 0.309 e. The Morgan fingerprint density at radius 1 is 1.35 bits per heavy atom.